The molecule has 138 valence electrons. The van der Waals surface area contributed by atoms with E-state index in [9.17, 15) is 17.6 Å². The van der Waals surface area contributed by atoms with Crippen molar-refractivity contribution in [2.75, 3.05) is 0 Å². The van der Waals surface area contributed by atoms with Gasteiger partial charge in [0.25, 0.3) is 0 Å². The molecular weight excluding hydrogens is 359 g/mol. The molecule has 0 bridgehead atoms. The Morgan fingerprint density at radius 1 is 1.31 bits per heavy atom. The summed E-state index contributed by atoms with van der Waals surface area (Å²) in [5, 5.41) is 0. The van der Waals surface area contributed by atoms with E-state index in [0.717, 1.165) is 23.4 Å². The largest absolute Gasteiger partial charge is 0.331 e. The van der Waals surface area contributed by atoms with Crippen LogP contribution in [0.1, 0.15) is 25.1 Å². The van der Waals surface area contributed by atoms with Crippen LogP contribution in [0.5, 0.6) is 0 Å². The highest BCUT2D eigenvalue weighted by atomic mass is 32.2. The first-order chi connectivity index (χ1) is 12.3. The summed E-state index contributed by atoms with van der Waals surface area (Å²) >= 11 is 0. The molecule has 26 heavy (non-hydrogen) atoms. The average molecular weight is 378 g/mol. The SMILES string of the molecule is CC(C)C(NS(=O)(=O)c1cccc(F)c1)C(=O)N1Cc2cncnc2C1. The highest BCUT2D eigenvalue weighted by Crippen LogP contribution is 2.22. The molecule has 1 aromatic heterocycles. The Balaban J connectivity index is 1.81. The van der Waals surface area contributed by atoms with Gasteiger partial charge in [0.05, 0.1) is 17.1 Å². The van der Waals surface area contributed by atoms with Crippen LogP contribution < -0.4 is 4.72 Å². The Hall–Kier alpha value is -2.39. The van der Waals surface area contributed by atoms with E-state index in [4.69, 9.17) is 0 Å². The Bertz CT molecular complexity index is 908. The Kier molecular flexibility index (Phi) is 5.01. The number of halogens is 1. The molecular formula is C17H19FN4O3S. The molecule has 1 atom stereocenters. The molecule has 0 fully saturated rings. The number of nitrogens with zero attached hydrogens (tertiary/aromatic N) is 3. The summed E-state index contributed by atoms with van der Waals surface area (Å²) in [6.07, 6.45) is 3.07. The lowest BCUT2D eigenvalue weighted by Crippen LogP contribution is -2.49. The molecule has 1 aromatic carbocycles. The van der Waals surface area contributed by atoms with E-state index in [2.05, 4.69) is 14.7 Å². The topological polar surface area (TPSA) is 92.3 Å². The van der Waals surface area contributed by atoms with Gasteiger partial charge in [-0.15, -0.1) is 0 Å². The van der Waals surface area contributed by atoms with Gasteiger partial charge in [0, 0.05) is 18.3 Å². The van der Waals surface area contributed by atoms with Crippen LogP contribution in [0.2, 0.25) is 0 Å². The monoisotopic (exact) mass is 378 g/mol. The van der Waals surface area contributed by atoms with Crippen LogP contribution in [0.15, 0.2) is 41.7 Å². The number of carbonyl (C=O) groups is 1. The number of rotatable bonds is 5. The molecule has 1 aliphatic heterocycles. The van der Waals surface area contributed by atoms with Crippen molar-refractivity contribution in [2.24, 2.45) is 5.92 Å². The number of hydrogen-bond acceptors (Lipinski definition) is 5. The lowest BCUT2D eigenvalue weighted by Gasteiger charge is -2.26. The summed E-state index contributed by atoms with van der Waals surface area (Å²) in [5.74, 6) is -1.30. The van der Waals surface area contributed by atoms with Gasteiger partial charge in [0.1, 0.15) is 18.2 Å². The number of amides is 1. The number of carbonyl (C=O) groups excluding carboxylic acids is 1. The van der Waals surface area contributed by atoms with Crippen LogP contribution in [0.4, 0.5) is 4.39 Å². The third-order valence-corrected chi connectivity index (χ3v) is 5.65. The van der Waals surface area contributed by atoms with Crippen LogP contribution in [0.3, 0.4) is 0 Å². The van der Waals surface area contributed by atoms with Crippen molar-refractivity contribution in [1.82, 2.24) is 19.6 Å². The second kappa shape index (κ2) is 7.08. The summed E-state index contributed by atoms with van der Waals surface area (Å²) in [7, 11) is -4.03. The summed E-state index contributed by atoms with van der Waals surface area (Å²) in [4.78, 5) is 22.3. The molecule has 1 amide bonds. The maximum Gasteiger partial charge on any atom is 0.241 e. The van der Waals surface area contributed by atoms with Gasteiger partial charge in [-0.1, -0.05) is 19.9 Å². The first-order valence-electron chi connectivity index (χ1n) is 8.12. The maximum atomic E-state index is 13.4. The average Bonchev–Trinajstić information content (AvgIpc) is 3.03. The smallest absolute Gasteiger partial charge is 0.241 e. The Morgan fingerprint density at radius 2 is 2.08 bits per heavy atom. The van der Waals surface area contributed by atoms with Crippen LogP contribution in [-0.4, -0.2) is 35.2 Å². The van der Waals surface area contributed by atoms with E-state index in [0.29, 0.717) is 13.1 Å². The normalized spacial score (nSPS) is 15.2. The quantitative estimate of drug-likeness (QED) is 0.850. The summed E-state index contributed by atoms with van der Waals surface area (Å²) in [5.41, 5.74) is 1.60. The van der Waals surface area contributed by atoms with Gasteiger partial charge in [-0.3, -0.25) is 4.79 Å². The lowest BCUT2D eigenvalue weighted by molar-refractivity contribution is -0.134. The van der Waals surface area contributed by atoms with Crippen molar-refractivity contribution >= 4 is 15.9 Å². The third kappa shape index (κ3) is 3.73. The van der Waals surface area contributed by atoms with E-state index in [1.165, 1.54) is 23.4 Å². The number of aromatic nitrogens is 2. The molecule has 1 aliphatic rings. The molecule has 0 radical (unpaired) electrons. The molecule has 9 heteroatoms. The van der Waals surface area contributed by atoms with E-state index >= 15 is 0 Å². The first kappa shape index (κ1) is 18.4. The fourth-order valence-electron chi connectivity index (χ4n) is 2.79. The molecule has 1 unspecified atom stereocenters. The van der Waals surface area contributed by atoms with Crippen molar-refractivity contribution in [3.05, 3.63) is 53.9 Å². The molecule has 3 rings (SSSR count). The van der Waals surface area contributed by atoms with Gasteiger partial charge in [-0.05, 0) is 24.1 Å². The number of fused-ring (bicyclic) bond motifs is 1. The van der Waals surface area contributed by atoms with Crippen molar-refractivity contribution in [3.63, 3.8) is 0 Å². The molecule has 0 saturated carbocycles. The van der Waals surface area contributed by atoms with Crippen LogP contribution in [0.25, 0.3) is 0 Å². The Morgan fingerprint density at radius 3 is 2.73 bits per heavy atom. The lowest BCUT2D eigenvalue weighted by atomic mass is 10.0. The van der Waals surface area contributed by atoms with E-state index in [1.54, 1.807) is 20.0 Å². The molecule has 2 aromatic rings. The molecule has 1 N–H and O–H groups in total. The summed E-state index contributed by atoms with van der Waals surface area (Å²) in [6, 6.07) is 3.71. The fraction of sp³-hybridized carbons (Fsp3) is 0.353. The van der Waals surface area contributed by atoms with Crippen LogP contribution >= 0.6 is 0 Å². The van der Waals surface area contributed by atoms with Crippen molar-refractivity contribution in [1.29, 1.82) is 0 Å². The molecule has 0 aliphatic carbocycles. The van der Waals surface area contributed by atoms with Crippen LogP contribution in [0, 0.1) is 11.7 Å². The highest BCUT2D eigenvalue weighted by molar-refractivity contribution is 7.89. The van der Waals surface area contributed by atoms with Crippen molar-refractivity contribution < 1.29 is 17.6 Å². The number of benzene rings is 1. The highest BCUT2D eigenvalue weighted by Gasteiger charge is 2.34. The predicted molar refractivity (Wildman–Crippen MR) is 91.6 cm³/mol. The molecule has 2 heterocycles. The van der Waals surface area contributed by atoms with E-state index in [1.807, 2.05) is 0 Å². The zero-order valence-electron chi connectivity index (χ0n) is 14.4. The van der Waals surface area contributed by atoms with Gasteiger partial charge in [-0.2, -0.15) is 4.72 Å². The number of hydrogen-bond donors (Lipinski definition) is 1. The van der Waals surface area contributed by atoms with Crippen molar-refractivity contribution in [3.8, 4) is 0 Å². The molecule has 0 saturated heterocycles. The number of sulfonamides is 1. The summed E-state index contributed by atoms with van der Waals surface area (Å²) < 4.78 is 40.9. The fourth-order valence-corrected chi connectivity index (χ4v) is 4.16. The standard InChI is InChI=1S/C17H19FN4O3S/c1-11(2)16(21-26(24,25)14-5-3-4-13(18)6-14)17(23)22-8-12-7-19-10-20-15(12)9-22/h3-7,10-11,16,21H,8-9H2,1-2H3. The zero-order chi connectivity index (χ0) is 18.9. The van der Waals surface area contributed by atoms with Crippen molar-refractivity contribution in [2.45, 2.75) is 37.9 Å². The summed E-state index contributed by atoms with van der Waals surface area (Å²) in [6.45, 7) is 4.14. The Labute approximate surface area is 151 Å². The third-order valence-electron chi connectivity index (χ3n) is 4.22. The van der Waals surface area contributed by atoms with Gasteiger partial charge in [-0.25, -0.2) is 22.8 Å². The van der Waals surface area contributed by atoms with Gasteiger partial charge >= 0.3 is 0 Å². The predicted octanol–water partition coefficient (Wildman–Crippen LogP) is 1.46. The van der Waals surface area contributed by atoms with E-state index in [-0.39, 0.29) is 16.7 Å². The minimum Gasteiger partial charge on any atom is -0.331 e. The minimum absolute atomic E-state index is 0.216. The first-order valence-corrected chi connectivity index (χ1v) is 9.60. The maximum absolute atomic E-state index is 13.4. The van der Waals surface area contributed by atoms with Gasteiger partial charge in [0.2, 0.25) is 15.9 Å². The second-order valence-corrected chi connectivity index (χ2v) is 8.20. The van der Waals surface area contributed by atoms with E-state index < -0.39 is 21.9 Å². The van der Waals surface area contributed by atoms with Gasteiger partial charge < -0.3 is 4.90 Å². The van der Waals surface area contributed by atoms with Crippen LogP contribution in [-0.2, 0) is 27.9 Å². The minimum atomic E-state index is -4.03. The number of nitrogens with one attached hydrogen (secondary N) is 1. The molecule has 7 nitrogen and oxygen atoms in total. The molecule has 0 spiro atoms. The van der Waals surface area contributed by atoms with Gasteiger partial charge in [0.15, 0.2) is 0 Å². The zero-order valence-corrected chi connectivity index (χ0v) is 15.2. The second-order valence-electron chi connectivity index (χ2n) is 6.49.